The molecular weight excluding hydrogens is 179 g/mol. The summed E-state index contributed by atoms with van der Waals surface area (Å²) in [6.45, 7) is 7.44. The summed E-state index contributed by atoms with van der Waals surface area (Å²) in [5.74, 6) is -0.241. The Bertz CT molecular complexity index is 329. The van der Waals surface area contributed by atoms with Gasteiger partial charge in [-0.1, -0.05) is 19.9 Å². The van der Waals surface area contributed by atoms with E-state index in [1.807, 2.05) is 20.8 Å². The second-order valence-corrected chi connectivity index (χ2v) is 4.26. The predicted octanol–water partition coefficient (Wildman–Crippen LogP) is 3.00. The van der Waals surface area contributed by atoms with E-state index in [-0.39, 0.29) is 11.7 Å². The molecule has 0 saturated carbocycles. The van der Waals surface area contributed by atoms with Crippen molar-refractivity contribution in [2.24, 2.45) is 5.92 Å². The molecule has 0 aliphatic rings. The molecule has 0 spiro atoms. The molecule has 1 rings (SSSR count). The highest BCUT2D eigenvalue weighted by Gasteiger charge is 2.28. The van der Waals surface area contributed by atoms with Crippen LogP contribution in [0, 0.1) is 18.7 Å². The van der Waals surface area contributed by atoms with E-state index >= 15 is 0 Å². The molecule has 0 aliphatic carbocycles. The Morgan fingerprint density at radius 1 is 1.36 bits per heavy atom. The zero-order valence-electron chi connectivity index (χ0n) is 9.13. The van der Waals surface area contributed by atoms with Gasteiger partial charge in [-0.05, 0) is 43.0 Å². The Hall–Kier alpha value is -0.890. The number of benzene rings is 1. The van der Waals surface area contributed by atoms with E-state index in [0.29, 0.717) is 5.56 Å². The fraction of sp³-hybridized carbons (Fsp3) is 0.500. The molecule has 1 atom stereocenters. The summed E-state index contributed by atoms with van der Waals surface area (Å²) in [5.41, 5.74) is 0.629. The zero-order valence-corrected chi connectivity index (χ0v) is 9.13. The van der Waals surface area contributed by atoms with Gasteiger partial charge in [-0.25, -0.2) is 4.39 Å². The van der Waals surface area contributed by atoms with Crippen molar-refractivity contribution in [2.45, 2.75) is 33.3 Å². The van der Waals surface area contributed by atoms with Gasteiger partial charge in [-0.15, -0.1) is 0 Å². The van der Waals surface area contributed by atoms with Crippen molar-refractivity contribution in [3.63, 3.8) is 0 Å². The van der Waals surface area contributed by atoms with Crippen LogP contribution in [0.2, 0.25) is 0 Å². The van der Waals surface area contributed by atoms with Gasteiger partial charge in [-0.2, -0.15) is 0 Å². The average Bonchev–Trinajstić information content (AvgIpc) is 2.08. The van der Waals surface area contributed by atoms with Crippen molar-refractivity contribution in [2.75, 3.05) is 0 Å². The number of rotatable bonds is 2. The highest BCUT2D eigenvalue weighted by atomic mass is 19.1. The molecule has 0 amide bonds. The molecule has 1 aromatic rings. The standard InChI is InChI=1S/C12H17FO/c1-8(2)12(4,14)11-7-10(13)6-5-9(11)3/h5-8,14H,1-4H3/t12-/m0/s1. The maximum atomic E-state index is 13.0. The van der Waals surface area contributed by atoms with Crippen LogP contribution in [0.5, 0.6) is 0 Å². The van der Waals surface area contributed by atoms with Crippen LogP contribution in [0.1, 0.15) is 31.9 Å². The summed E-state index contributed by atoms with van der Waals surface area (Å²) in [5, 5.41) is 10.2. The van der Waals surface area contributed by atoms with E-state index in [1.54, 1.807) is 13.0 Å². The Labute approximate surface area is 84.6 Å². The highest BCUT2D eigenvalue weighted by Crippen LogP contribution is 2.31. The van der Waals surface area contributed by atoms with Gasteiger partial charge >= 0.3 is 0 Å². The van der Waals surface area contributed by atoms with Crippen LogP contribution >= 0.6 is 0 Å². The minimum absolute atomic E-state index is 0.0583. The molecule has 0 fully saturated rings. The van der Waals surface area contributed by atoms with E-state index in [1.165, 1.54) is 12.1 Å². The van der Waals surface area contributed by atoms with Crippen molar-refractivity contribution in [3.05, 3.63) is 35.1 Å². The van der Waals surface area contributed by atoms with Crippen LogP contribution in [0.25, 0.3) is 0 Å². The van der Waals surface area contributed by atoms with E-state index in [4.69, 9.17) is 0 Å². The van der Waals surface area contributed by atoms with Gasteiger partial charge < -0.3 is 5.11 Å². The third kappa shape index (κ3) is 1.95. The molecule has 1 aromatic carbocycles. The van der Waals surface area contributed by atoms with Crippen molar-refractivity contribution in [1.82, 2.24) is 0 Å². The first kappa shape index (κ1) is 11.2. The first-order valence-electron chi connectivity index (χ1n) is 4.84. The second-order valence-electron chi connectivity index (χ2n) is 4.26. The molecule has 0 unspecified atom stereocenters. The summed E-state index contributed by atoms with van der Waals surface area (Å²) in [6.07, 6.45) is 0. The predicted molar refractivity (Wildman–Crippen MR) is 55.5 cm³/mol. The lowest BCUT2D eigenvalue weighted by Crippen LogP contribution is -2.29. The first-order chi connectivity index (χ1) is 6.35. The van der Waals surface area contributed by atoms with Gasteiger partial charge in [0.2, 0.25) is 0 Å². The van der Waals surface area contributed by atoms with Gasteiger partial charge in [0.1, 0.15) is 5.82 Å². The van der Waals surface area contributed by atoms with Crippen LogP contribution in [0.4, 0.5) is 4.39 Å². The topological polar surface area (TPSA) is 20.2 Å². The number of hydrogen-bond acceptors (Lipinski definition) is 1. The lowest BCUT2D eigenvalue weighted by molar-refractivity contribution is 0.00820. The van der Waals surface area contributed by atoms with Crippen LogP contribution in [0.15, 0.2) is 18.2 Å². The van der Waals surface area contributed by atoms with Gasteiger partial charge in [-0.3, -0.25) is 0 Å². The van der Waals surface area contributed by atoms with E-state index < -0.39 is 5.60 Å². The number of aliphatic hydroxyl groups is 1. The average molecular weight is 196 g/mol. The Kier molecular flexibility index (Phi) is 2.95. The minimum atomic E-state index is -0.966. The van der Waals surface area contributed by atoms with Gasteiger partial charge in [0.15, 0.2) is 0 Å². The molecule has 0 heterocycles. The normalized spacial score (nSPS) is 15.6. The lowest BCUT2D eigenvalue weighted by atomic mass is 9.83. The quantitative estimate of drug-likeness (QED) is 0.771. The molecule has 1 N–H and O–H groups in total. The Morgan fingerprint density at radius 2 is 1.93 bits per heavy atom. The third-order valence-corrected chi connectivity index (χ3v) is 2.87. The largest absolute Gasteiger partial charge is 0.385 e. The zero-order chi connectivity index (χ0) is 10.9. The molecule has 2 heteroatoms. The summed E-state index contributed by atoms with van der Waals surface area (Å²) in [6, 6.07) is 4.52. The number of aryl methyl sites for hydroxylation is 1. The highest BCUT2D eigenvalue weighted by molar-refractivity contribution is 5.31. The molecule has 0 saturated heterocycles. The van der Waals surface area contributed by atoms with E-state index in [9.17, 15) is 9.50 Å². The molecular formula is C12H17FO. The Balaban J connectivity index is 3.24. The van der Waals surface area contributed by atoms with E-state index in [0.717, 1.165) is 5.56 Å². The maximum Gasteiger partial charge on any atom is 0.123 e. The molecule has 78 valence electrons. The van der Waals surface area contributed by atoms with Crippen molar-refractivity contribution in [1.29, 1.82) is 0 Å². The van der Waals surface area contributed by atoms with Gasteiger partial charge in [0.05, 0.1) is 5.60 Å². The minimum Gasteiger partial charge on any atom is -0.385 e. The van der Waals surface area contributed by atoms with Crippen LogP contribution in [0.3, 0.4) is 0 Å². The fourth-order valence-electron chi connectivity index (χ4n) is 1.45. The number of halogens is 1. The summed E-state index contributed by atoms with van der Waals surface area (Å²) < 4.78 is 13.0. The number of hydrogen-bond donors (Lipinski definition) is 1. The summed E-state index contributed by atoms with van der Waals surface area (Å²) in [7, 11) is 0. The molecule has 1 nitrogen and oxygen atoms in total. The van der Waals surface area contributed by atoms with Crippen molar-refractivity contribution in [3.8, 4) is 0 Å². The van der Waals surface area contributed by atoms with Crippen LogP contribution < -0.4 is 0 Å². The monoisotopic (exact) mass is 196 g/mol. The fourth-order valence-corrected chi connectivity index (χ4v) is 1.45. The maximum absolute atomic E-state index is 13.0. The lowest BCUT2D eigenvalue weighted by Gasteiger charge is -2.29. The van der Waals surface area contributed by atoms with Gasteiger partial charge in [0.25, 0.3) is 0 Å². The van der Waals surface area contributed by atoms with Crippen LogP contribution in [-0.2, 0) is 5.60 Å². The second kappa shape index (κ2) is 3.70. The summed E-state index contributed by atoms with van der Waals surface area (Å²) in [4.78, 5) is 0. The van der Waals surface area contributed by atoms with Crippen molar-refractivity contribution >= 4 is 0 Å². The third-order valence-electron chi connectivity index (χ3n) is 2.87. The van der Waals surface area contributed by atoms with Crippen molar-refractivity contribution < 1.29 is 9.50 Å². The molecule has 14 heavy (non-hydrogen) atoms. The first-order valence-corrected chi connectivity index (χ1v) is 4.84. The smallest absolute Gasteiger partial charge is 0.123 e. The SMILES string of the molecule is Cc1ccc(F)cc1[C@@](C)(O)C(C)C. The molecule has 0 radical (unpaired) electrons. The Morgan fingerprint density at radius 3 is 2.43 bits per heavy atom. The molecule has 0 aromatic heterocycles. The molecule has 0 bridgehead atoms. The molecule has 0 aliphatic heterocycles. The van der Waals surface area contributed by atoms with Gasteiger partial charge in [0, 0.05) is 0 Å². The summed E-state index contributed by atoms with van der Waals surface area (Å²) >= 11 is 0. The van der Waals surface area contributed by atoms with E-state index in [2.05, 4.69) is 0 Å². The van der Waals surface area contributed by atoms with Crippen LogP contribution in [-0.4, -0.2) is 5.11 Å².